The summed E-state index contributed by atoms with van der Waals surface area (Å²) in [6, 6.07) is 7.20. The van der Waals surface area contributed by atoms with Crippen LogP contribution in [-0.2, 0) is 17.5 Å². The second kappa shape index (κ2) is 12.1. The fourth-order valence-corrected chi connectivity index (χ4v) is 11.0. The summed E-state index contributed by atoms with van der Waals surface area (Å²) in [6.07, 6.45) is -1.74. The van der Waals surface area contributed by atoms with Crippen LogP contribution >= 0.6 is 33.8 Å². The summed E-state index contributed by atoms with van der Waals surface area (Å²) in [5.41, 5.74) is -0.608. The van der Waals surface area contributed by atoms with Crippen molar-refractivity contribution < 1.29 is 22.7 Å². The molecule has 3 aromatic heterocycles. The number of piperazine rings is 1. The predicted molar refractivity (Wildman–Crippen MR) is 177 cm³/mol. The third kappa shape index (κ3) is 6.33. The molecule has 46 heavy (non-hydrogen) atoms. The van der Waals surface area contributed by atoms with E-state index >= 15 is 0 Å². The van der Waals surface area contributed by atoms with Gasteiger partial charge in [-0.25, -0.2) is 9.59 Å². The minimum atomic E-state index is -4.64. The molecule has 1 saturated heterocycles. The standard InChI is InChI=1S/C32H35ClF3N5O3S2/c1-18-13-39(14-19(2)41(18)30(43)44-31(3,4)5)28-24-10-22(32(34,35)36)11-25-27(24)40(29(42)38-28)15-21(20-6-8-37-9-7-20)17-46(25)26-12-23(33)16-45-26/h6-12,16,18-19,21,46H,13-15,17H2,1-5H3/t18-,19+,21-/m0/s1. The molecule has 1 amide bonds. The Balaban J connectivity index is 1.54. The number of carbonyl (C=O) groups excluding carboxylic acids is 1. The molecule has 246 valence electrons. The lowest BCUT2D eigenvalue weighted by molar-refractivity contribution is -0.137. The summed E-state index contributed by atoms with van der Waals surface area (Å²) < 4.78 is 51.9. The van der Waals surface area contributed by atoms with Gasteiger partial charge in [-0.15, -0.1) is 11.3 Å². The monoisotopic (exact) mass is 693 g/mol. The van der Waals surface area contributed by atoms with Crippen LogP contribution in [0.15, 0.2) is 62.0 Å². The molecule has 0 N–H and O–H groups in total. The van der Waals surface area contributed by atoms with Crippen molar-refractivity contribution >= 4 is 56.6 Å². The molecule has 1 aromatic carbocycles. The first-order valence-electron chi connectivity index (χ1n) is 14.9. The number of hydrogen-bond donors (Lipinski definition) is 1. The van der Waals surface area contributed by atoms with Crippen molar-refractivity contribution in [3.05, 3.63) is 74.7 Å². The number of benzene rings is 1. The van der Waals surface area contributed by atoms with Gasteiger partial charge in [0.15, 0.2) is 0 Å². The number of carbonyl (C=O) groups is 1. The molecule has 0 saturated carbocycles. The zero-order valence-electron chi connectivity index (χ0n) is 26.0. The third-order valence-electron chi connectivity index (χ3n) is 8.28. The van der Waals surface area contributed by atoms with E-state index in [-0.39, 0.29) is 48.8 Å². The molecule has 4 aromatic rings. The maximum atomic E-state index is 14.6. The largest absolute Gasteiger partial charge is 0.444 e. The number of pyridine rings is 1. The van der Waals surface area contributed by atoms with Gasteiger partial charge in [0.25, 0.3) is 0 Å². The quantitative estimate of drug-likeness (QED) is 0.223. The highest BCUT2D eigenvalue weighted by Gasteiger charge is 2.39. The molecule has 4 atom stereocenters. The number of halogens is 4. The van der Waals surface area contributed by atoms with E-state index in [2.05, 4.69) is 9.97 Å². The topological polar surface area (TPSA) is 80.6 Å². The summed E-state index contributed by atoms with van der Waals surface area (Å²) >= 11 is 7.77. The summed E-state index contributed by atoms with van der Waals surface area (Å²) in [5.74, 6) is 0.529. The maximum Gasteiger partial charge on any atom is 0.416 e. The molecule has 6 rings (SSSR count). The highest BCUT2D eigenvalue weighted by Crippen LogP contribution is 2.55. The first-order chi connectivity index (χ1) is 21.6. The summed E-state index contributed by atoms with van der Waals surface area (Å²) in [7, 11) is -1.36. The molecule has 1 unspecified atom stereocenters. The Morgan fingerprint density at radius 2 is 1.74 bits per heavy atom. The van der Waals surface area contributed by atoms with Gasteiger partial charge < -0.3 is 9.64 Å². The van der Waals surface area contributed by atoms with E-state index in [4.69, 9.17) is 16.3 Å². The molecule has 5 heterocycles. The summed E-state index contributed by atoms with van der Waals surface area (Å²) in [4.78, 5) is 39.6. The van der Waals surface area contributed by atoms with Gasteiger partial charge in [0, 0.05) is 57.8 Å². The Morgan fingerprint density at radius 1 is 1.07 bits per heavy atom. The molecule has 0 aliphatic carbocycles. The van der Waals surface area contributed by atoms with Crippen LogP contribution in [-0.4, -0.2) is 62.1 Å². The first kappa shape index (κ1) is 32.6. The van der Waals surface area contributed by atoms with E-state index in [0.717, 1.165) is 15.8 Å². The zero-order valence-corrected chi connectivity index (χ0v) is 28.5. The molecule has 2 aliphatic rings. The van der Waals surface area contributed by atoms with E-state index in [1.165, 1.54) is 17.4 Å². The molecule has 0 radical (unpaired) electrons. The average molecular weight is 694 g/mol. The summed E-state index contributed by atoms with van der Waals surface area (Å²) in [6.45, 7) is 9.87. The molecular formula is C32H35ClF3N5O3S2. The van der Waals surface area contributed by atoms with Crippen LogP contribution in [0.2, 0.25) is 5.02 Å². The van der Waals surface area contributed by atoms with Gasteiger partial charge in [0.1, 0.15) is 11.4 Å². The first-order valence-corrected chi connectivity index (χ1v) is 17.7. The number of aromatic nitrogens is 3. The number of alkyl halides is 3. The third-order valence-corrected chi connectivity index (χ3v) is 12.7. The Morgan fingerprint density at radius 3 is 2.33 bits per heavy atom. The van der Waals surface area contributed by atoms with Crippen molar-refractivity contribution in [1.82, 2.24) is 19.4 Å². The van der Waals surface area contributed by atoms with Crippen LogP contribution in [0.1, 0.15) is 51.7 Å². The number of hydrogen-bond acceptors (Lipinski definition) is 7. The van der Waals surface area contributed by atoms with Crippen molar-refractivity contribution in [1.29, 1.82) is 0 Å². The van der Waals surface area contributed by atoms with Gasteiger partial charge in [0.05, 0.1) is 28.2 Å². The second-order valence-electron chi connectivity index (χ2n) is 12.9. The Hall–Kier alpha value is -3.29. The van der Waals surface area contributed by atoms with Gasteiger partial charge >= 0.3 is 18.0 Å². The van der Waals surface area contributed by atoms with E-state index in [1.54, 1.807) is 48.0 Å². The number of nitrogens with zero attached hydrogens (tertiary/aromatic N) is 5. The molecule has 14 heteroatoms. The van der Waals surface area contributed by atoms with E-state index in [0.29, 0.717) is 21.2 Å². The number of rotatable bonds is 3. The van der Waals surface area contributed by atoms with Crippen LogP contribution < -0.4 is 10.6 Å². The van der Waals surface area contributed by atoms with Crippen LogP contribution in [0.25, 0.3) is 10.9 Å². The average Bonchev–Trinajstić information content (AvgIpc) is 3.31. The van der Waals surface area contributed by atoms with E-state index < -0.39 is 40.0 Å². The van der Waals surface area contributed by atoms with Crippen molar-refractivity contribution in [2.24, 2.45) is 0 Å². The molecule has 1 fully saturated rings. The molecule has 0 bridgehead atoms. The normalized spacial score (nSPS) is 23.0. The highest BCUT2D eigenvalue weighted by atomic mass is 35.5. The van der Waals surface area contributed by atoms with Crippen molar-refractivity contribution in [3.8, 4) is 0 Å². The van der Waals surface area contributed by atoms with Crippen LogP contribution in [0.4, 0.5) is 23.8 Å². The second-order valence-corrected chi connectivity index (χ2v) is 16.7. The number of amides is 1. The Bertz CT molecular complexity index is 1830. The molecule has 0 spiro atoms. The Kier molecular flexibility index (Phi) is 8.56. The van der Waals surface area contributed by atoms with Crippen LogP contribution in [0, 0.1) is 0 Å². The molecule has 2 aliphatic heterocycles. The summed E-state index contributed by atoms with van der Waals surface area (Å²) in [5, 5.41) is 2.57. The van der Waals surface area contributed by atoms with Gasteiger partial charge in [-0.05, 0) is 76.3 Å². The fourth-order valence-electron chi connectivity index (χ4n) is 6.43. The Labute approximate surface area is 276 Å². The fraction of sp³-hybridized carbons (Fsp3) is 0.438. The highest BCUT2D eigenvalue weighted by molar-refractivity contribution is 8.18. The maximum absolute atomic E-state index is 14.6. The van der Waals surface area contributed by atoms with E-state index in [1.807, 2.05) is 36.9 Å². The predicted octanol–water partition coefficient (Wildman–Crippen LogP) is 7.58. The SMILES string of the molecule is C[C@@H]1CN(c2nc(=O)n3c4c(cc(C(F)(F)F)cc24)[SH](c2cc(Cl)cs2)C[C@@H](c2ccncc2)C3)C[C@H](C)N1C(=O)OC(C)(C)C. The minimum absolute atomic E-state index is 0.178. The van der Waals surface area contributed by atoms with Crippen molar-refractivity contribution in [2.75, 3.05) is 23.7 Å². The van der Waals surface area contributed by atoms with Gasteiger partial charge in [0.2, 0.25) is 0 Å². The lowest BCUT2D eigenvalue weighted by Crippen LogP contribution is -2.59. The number of anilines is 1. The number of thiol groups is 1. The van der Waals surface area contributed by atoms with Gasteiger partial charge in [-0.3, -0.25) is 14.5 Å². The van der Waals surface area contributed by atoms with Crippen molar-refractivity contribution in [2.45, 2.75) is 80.0 Å². The van der Waals surface area contributed by atoms with Gasteiger partial charge in [-0.1, -0.05) is 11.6 Å². The number of ether oxygens (including phenoxy) is 1. The smallest absolute Gasteiger partial charge is 0.416 e. The van der Waals surface area contributed by atoms with Crippen LogP contribution in [0.5, 0.6) is 0 Å². The number of thiophene rings is 1. The van der Waals surface area contributed by atoms with E-state index in [9.17, 15) is 22.8 Å². The van der Waals surface area contributed by atoms with Crippen molar-refractivity contribution in [3.63, 3.8) is 0 Å². The lowest BCUT2D eigenvalue weighted by atomic mass is 10.0. The molecular weight excluding hydrogens is 659 g/mol. The van der Waals surface area contributed by atoms with Gasteiger partial charge in [-0.2, -0.15) is 29.1 Å². The molecule has 8 nitrogen and oxygen atoms in total. The zero-order chi connectivity index (χ0) is 33.1. The lowest BCUT2D eigenvalue weighted by Gasteiger charge is -2.45. The minimum Gasteiger partial charge on any atom is -0.444 e. The van der Waals surface area contributed by atoms with Crippen LogP contribution in [0.3, 0.4) is 0 Å².